The van der Waals surface area contributed by atoms with Crippen LogP contribution in [0.25, 0.3) is 0 Å². The molecule has 4 heteroatoms. The average Bonchev–Trinajstić information content (AvgIpc) is 2.44. The van der Waals surface area contributed by atoms with Crippen LogP contribution in [0.2, 0.25) is 0 Å². The lowest BCUT2D eigenvalue weighted by Crippen LogP contribution is -2.33. The second kappa shape index (κ2) is 11.5. The average molecular weight is 287 g/mol. The van der Waals surface area contributed by atoms with E-state index in [4.69, 9.17) is 9.47 Å². The van der Waals surface area contributed by atoms with Crippen molar-refractivity contribution in [3.63, 3.8) is 0 Å². The minimum Gasteiger partial charge on any atom is -0.389 e. The van der Waals surface area contributed by atoms with E-state index in [2.05, 4.69) is 19.2 Å². The molecule has 0 amide bonds. The van der Waals surface area contributed by atoms with Gasteiger partial charge in [-0.2, -0.15) is 0 Å². The van der Waals surface area contributed by atoms with E-state index in [1.165, 1.54) is 25.7 Å². The molecular formula is C16H33NO3. The van der Waals surface area contributed by atoms with Gasteiger partial charge >= 0.3 is 0 Å². The summed E-state index contributed by atoms with van der Waals surface area (Å²) in [7, 11) is 0. The fourth-order valence-electron chi connectivity index (χ4n) is 2.44. The van der Waals surface area contributed by atoms with Crippen molar-refractivity contribution in [1.82, 2.24) is 5.32 Å². The fraction of sp³-hybridized carbons (Fsp3) is 1.00. The summed E-state index contributed by atoms with van der Waals surface area (Å²) in [6.45, 7) is 8.06. The molecule has 20 heavy (non-hydrogen) atoms. The number of hydrogen-bond acceptors (Lipinski definition) is 4. The second-order valence-corrected chi connectivity index (χ2v) is 6.25. The summed E-state index contributed by atoms with van der Waals surface area (Å²) in [4.78, 5) is 0. The van der Waals surface area contributed by atoms with E-state index < -0.39 is 6.10 Å². The largest absolute Gasteiger partial charge is 0.389 e. The zero-order valence-electron chi connectivity index (χ0n) is 13.3. The van der Waals surface area contributed by atoms with Gasteiger partial charge in [-0.05, 0) is 51.0 Å². The first-order chi connectivity index (χ1) is 9.68. The van der Waals surface area contributed by atoms with Crippen LogP contribution in [0.4, 0.5) is 0 Å². The van der Waals surface area contributed by atoms with Crippen LogP contribution >= 0.6 is 0 Å². The highest BCUT2D eigenvalue weighted by atomic mass is 16.5. The van der Waals surface area contributed by atoms with Gasteiger partial charge < -0.3 is 19.9 Å². The van der Waals surface area contributed by atoms with Crippen LogP contribution < -0.4 is 5.32 Å². The highest BCUT2D eigenvalue weighted by Crippen LogP contribution is 2.14. The molecule has 1 rings (SSSR count). The number of aliphatic hydroxyl groups is 1. The molecule has 1 heterocycles. The smallest absolute Gasteiger partial charge is 0.0897 e. The Kier molecular flexibility index (Phi) is 10.3. The van der Waals surface area contributed by atoms with Crippen molar-refractivity contribution >= 4 is 0 Å². The van der Waals surface area contributed by atoms with Gasteiger partial charge in [0.15, 0.2) is 0 Å². The molecular weight excluding hydrogens is 254 g/mol. The first kappa shape index (κ1) is 17.9. The molecule has 0 aromatic carbocycles. The molecule has 1 saturated heterocycles. The summed E-state index contributed by atoms with van der Waals surface area (Å²) in [5.74, 6) is 0.729. The summed E-state index contributed by atoms with van der Waals surface area (Å²) in [6.07, 6.45) is 7.01. The predicted octanol–water partition coefficient (Wildman–Crippen LogP) is 2.35. The Morgan fingerprint density at radius 1 is 1.35 bits per heavy atom. The van der Waals surface area contributed by atoms with Gasteiger partial charge in [-0.15, -0.1) is 0 Å². The third-order valence-electron chi connectivity index (χ3n) is 3.68. The number of hydrogen-bond donors (Lipinski definition) is 2. The van der Waals surface area contributed by atoms with Gasteiger partial charge in [-0.3, -0.25) is 0 Å². The molecule has 2 N–H and O–H groups in total. The third kappa shape index (κ3) is 9.70. The third-order valence-corrected chi connectivity index (χ3v) is 3.68. The van der Waals surface area contributed by atoms with Crippen LogP contribution in [0.1, 0.15) is 52.4 Å². The normalized spacial score (nSPS) is 21.3. The van der Waals surface area contributed by atoms with Gasteiger partial charge in [0.25, 0.3) is 0 Å². The van der Waals surface area contributed by atoms with Gasteiger partial charge in [0.05, 0.1) is 18.8 Å². The van der Waals surface area contributed by atoms with E-state index in [-0.39, 0.29) is 0 Å². The maximum Gasteiger partial charge on any atom is 0.0897 e. The standard InChI is InChI=1S/C16H33NO3/c1-14(2)6-5-10-19-13-15(18)12-17-9-8-16-7-3-4-11-20-16/h14-18H,3-13H2,1-2H3. The van der Waals surface area contributed by atoms with Crippen molar-refractivity contribution in [2.45, 2.75) is 64.6 Å². The highest BCUT2D eigenvalue weighted by molar-refractivity contribution is 4.66. The highest BCUT2D eigenvalue weighted by Gasteiger charge is 2.13. The van der Waals surface area contributed by atoms with Crippen LogP contribution in [-0.4, -0.2) is 50.2 Å². The van der Waals surface area contributed by atoms with E-state index >= 15 is 0 Å². The number of nitrogens with one attached hydrogen (secondary N) is 1. The molecule has 120 valence electrons. The molecule has 4 nitrogen and oxygen atoms in total. The fourth-order valence-corrected chi connectivity index (χ4v) is 2.44. The summed E-state index contributed by atoms with van der Waals surface area (Å²) in [5, 5.41) is 13.1. The summed E-state index contributed by atoms with van der Waals surface area (Å²) < 4.78 is 11.1. The molecule has 0 aromatic heterocycles. The van der Waals surface area contributed by atoms with Gasteiger partial charge in [0.2, 0.25) is 0 Å². The van der Waals surface area contributed by atoms with Gasteiger partial charge in [0, 0.05) is 19.8 Å². The summed E-state index contributed by atoms with van der Waals surface area (Å²) in [5.41, 5.74) is 0. The molecule has 0 spiro atoms. The molecule has 0 radical (unpaired) electrons. The topological polar surface area (TPSA) is 50.7 Å². The second-order valence-electron chi connectivity index (χ2n) is 6.25. The zero-order valence-corrected chi connectivity index (χ0v) is 13.3. The SMILES string of the molecule is CC(C)CCCOCC(O)CNCCC1CCCCO1. The zero-order chi connectivity index (χ0) is 14.6. The Balaban J connectivity index is 1.85. The molecule has 0 aliphatic carbocycles. The van der Waals surface area contributed by atoms with E-state index in [9.17, 15) is 5.11 Å². The lowest BCUT2D eigenvalue weighted by atomic mass is 10.1. The van der Waals surface area contributed by atoms with Gasteiger partial charge in [-0.1, -0.05) is 13.8 Å². The predicted molar refractivity (Wildman–Crippen MR) is 82.0 cm³/mol. The number of ether oxygens (including phenoxy) is 2. The van der Waals surface area contributed by atoms with Crippen molar-refractivity contribution in [3.05, 3.63) is 0 Å². The van der Waals surface area contributed by atoms with E-state index in [0.717, 1.165) is 38.5 Å². The summed E-state index contributed by atoms with van der Waals surface area (Å²) in [6, 6.07) is 0. The van der Waals surface area contributed by atoms with Crippen LogP contribution in [0, 0.1) is 5.92 Å². The molecule has 0 saturated carbocycles. The Labute approximate surface area is 124 Å². The van der Waals surface area contributed by atoms with Crippen molar-refractivity contribution in [3.8, 4) is 0 Å². The molecule has 1 aliphatic heterocycles. The minimum absolute atomic E-state index is 0.402. The Bertz CT molecular complexity index is 218. The number of aliphatic hydroxyl groups excluding tert-OH is 1. The molecule has 0 bridgehead atoms. The van der Waals surface area contributed by atoms with Gasteiger partial charge in [-0.25, -0.2) is 0 Å². The molecule has 2 unspecified atom stereocenters. The van der Waals surface area contributed by atoms with Crippen LogP contribution in [-0.2, 0) is 9.47 Å². The Hall–Kier alpha value is -0.160. The van der Waals surface area contributed by atoms with Gasteiger partial charge in [0.1, 0.15) is 0 Å². The van der Waals surface area contributed by atoms with E-state index in [1.54, 1.807) is 0 Å². The quantitative estimate of drug-likeness (QED) is 0.573. The first-order valence-electron chi connectivity index (χ1n) is 8.26. The first-order valence-corrected chi connectivity index (χ1v) is 8.26. The van der Waals surface area contributed by atoms with Crippen LogP contribution in [0.3, 0.4) is 0 Å². The molecule has 0 aromatic rings. The van der Waals surface area contributed by atoms with E-state index in [0.29, 0.717) is 19.3 Å². The Morgan fingerprint density at radius 3 is 2.90 bits per heavy atom. The van der Waals surface area contributed by atoms with Crippen molar-refractivity contribution in [2.75, 3.05) is 32.9 Å². The van der Waals surface area contributed by atoms with Crippen molar-refractivity contribution in [1.29, 1.82) is 0 Å². The molecule has 1 aliphatic rings. The maximum atomic E-state index is 9.78. The Morgan fingerprint density at radius 2 is 2.20 bits per heavy atom. The lowest BCUT2D eigenvalue weighted by Gasteiger charge is -2.22. The summed E-state index contributed by atoms with van der Waals surface area (Å²) >= 11 is 0. The molecule has 1 fully saturated rings. The lowest BCUT2D eigenvalue weighted by molar-refractivity contribution is 0.00951. The number of rotatable bonds is 11. The minimum atomic E-state index is -0.402. The van der Waals surface area contributed by atoms with E-state index in [1.807, 2.05) is 0 Å². The van der Waals surface area contributed by atoms with Crippen molar-refractivity contribution in [2.24, 2.45) is 5.92 Å². The van der Waals surface area contributed by atoms with Crippen molar-refractivity contribution < 1.29 is 14.6 Å². The van der Waals surface area contributed by atoms with Crippen LogP contribution in [0.15, 0.2) is 0 Å². The monoisotopic (exact) mass is 287 g/mol. The maximum absolute atomic E-state index is 9.78. The molecule has 2 atom stereocenters. The van der Waals surface area contributed by atoms with Crippen LogP contribution in [0.5, 0.6) is 0 Å².